The molecule has 0 saturated carbocycles. The first kappa shape index (κ1) is 12.6. The topological polar surface area (TPSA) is 72.0 Å². The summed E-state index contributed by atoms with van der Waals surface area (Å²) in [7, 11) is 0. The quantitative estimate of drug-likeness (QED) is 0.801. The Hall–Kier alpha value is -2.40. The molecule has 3 rings (SSSR count). The number of hydrogen-bond acceptors (Lipinski definition) is 5. The maximum absolute atomic E-state index is 9.82. The summed E-state index contributed by atoms with van der Waals surface area (Å²) < 4.78 is 5.15. The number of aromatic nitrogens is 3. The van der Waals surface area contributed by atoms with E-state index in [4.69, 9.17) is 16.1 Å². The van der Waals surface area contributed by atoms with Gasteiger partial charge in [-0.2, -0.15) is 4.98 Å². The summed E-state index contributed by atoms with van der Waals surface area (Å²) in [6.45, 7) is 0. The Labute approximate surface area is 119 Å². The maximum Gasteiger partial charge on any atom is 0.261 e. The van der Waals surface area contributed by atoms with Crippen LogP contribution in [0.4, 0.5) is 0 Å². The third-order valence-electron chi connectivity index (χ3n) is 2.72. The van der Waals surface area contributed by atoms with Gasteiger partial charge in [0.1, 0.15) is 5.75 Å². The van der Waals surface area contributed by atoms with Crippen LogP contribution in [0.3, 0.4) is 0 Å². The van der Waals surface area contributed by atoms with E-state index in [1.165, 1.54) is 6.07 Å². The van der Waals surface area contributed by atoms with Gasteiger partial charge in [0.2, 0.25) is 0 Å². The van der Waals surface area contributed by atoms with E-state index < -0.39 is 0 Å². The van der Waals surface area contributed by atoms with E-state index in [9.17, 15) is 5.11 Å². The number of benzene rings is 1. The van der Waals surface area contributed by atoms with Crippen molar-refractivity contribution < 1.29 is 9.63 Å². The van der Waals surface area contributed by atoms with Gasteiger partial charge < -0.3 is 9.63 Å². The van der Waals surface area contributed by atoms with E-state index in [2.05, 4.69) is 15.1 Å². The number of halogens is 1. The zero-order chi connectivity index (χ0) is 13.9. The Balaban J connectivity index is 1.87. The number of rotatable bonds is 3. The lowest BCUT2D eigenvalue weighted by atomic mass is 10.2. The lowest BCUT2D eigenvalue weighted by molar-refractivity contribution is 0.418. The number of phenolic OH excluding ortho intramolecular Hbond substituents is 1. The van der Waals surface area contributed by atoms with Crippen molar-refractivity contribution in [3.8, 4) is 17.2 Å². The molecule has 1 N–H and O–H groups in total. The second-order valence-electron chi connectivity index (χ2n) is 4.18. The molecule has 1 aromatic carbocycles. The van der Waals surface area contributed by atoms with E-state index >= 15 is 0 Å². The van der Waals surface area contributed by atoms with Crippen molar-refractivity contribution in [3.63, 3.8) is 0 Å². The van der Waals surface area contributed by atoms with Crippen molar-refractivity contribution in [3.05, 3.63) is 59.1 Å². The average Bonchev–Trinajstić information content (AvgIpc) is 2.88. The van der Waals surface area contributed by atoms with Crippen LogP contribution in [0.25, 0.3) is 11.5 Å². The molecule has 0 fully saturated rings. The van der Waals surface area contributed by atoms with Crippen LogP contribution in [0.2, 0.25) is 5.02 Å². The van der Waals surface area contributed by atoms with Crippen LogP contribution < -0.4 is 0 Å². The summed E-state index contributed by atoms with van der Waals surface area (Å²) in [5.41, 5.74) is 1.30. The van der Waals surface area contributed by atoms with Crippen LogP contribution >= 0.6 is 11.6 Å². The third kappa shape index (κ3) is 2.62. The maximum atomic E-state index is 9.82. The Morgan fingerprint density at radius 2 is 2.10 bits per heavy atom. The summed E-state index contributed by atoms with van der Waals surface area (Å²) >= 11 is 5.78. The molecule has 0 radical (unpaired) electrons. The van der Waals surface area contributed by atoms with E-state index in [-0.39, 0.29) is 11.6 Å². The number of aromatic hydroxyl groups is 1. The molecule has 6 heteroatoms. The van der Waals surface area contributed by atoms with Crippen LogP contribution in [0.1, 0.15) is 11.5 Å². The average molecular weight is 288 g/mol. The molecule has 0 amide bonds. The molecule has 2 aromatic heterocycles. The van der Waals surface area contributed by atoms with Gasteiger partial charge in [0.15, 0.2) is 5.82 Å². The highest BCUT2D eigenvalue weighted by molar-refractivity contribution is 6.30. The van der Waals surface area contributed by atoms with Crippen LogP contribution in [0, 0.1) is 0 Å². The van der Waals surface area contributed by atoms with Crippen molar-refractivity contribution >= 4 is 11.6 Å². The smallest absolute Gasteiger partial charge is 0.261 e. The summed E-state index contributed by atoms with van der Waals surface area (Å²) in [5.74, 6) is 0.767. The molecule has 0 aliphatic heterocycles. The normalized spacial score (nSPS) is 10.7. The van der Waals surface area contributed by atoms with Crippen LogP contribution in [0.5, 0.6) is 5.75 Å². The van der Waals surface area contributed by atoms with Gasteiger partial charge in [-0.25, -0.2) is 0 Å². The zero-order valence-electron chi connectivity index (χ0n) is 10.3. The predicted molar refractivity (Wildman–Crippen MR) is 73.5 cm³/mol. The minimum absolute atomic E-state index is 0.00513. The molecular weight excluding hydrogens is 278 g/mol. The van der Waals surface area contributed by atoms with E-state index in [1.54, 1.807) is 18.3 Å². The summed E-state index contributed by atoms with van der Waals surface area (Å²) in [6.07, 6.45) is 2.18. The van der Waals surface area contributed by atoms with Gasteiger partial charge in [0.05, 0.1) is 12.0 Å². The molecule has 0 bridgehead atoms. The lowest BCUT2D eigenvalue weighted by Gasteiger charge is -1.98. The highest BCUT2D eigenvalue weighted by atomic mass is 35.5. The second kappa shape index (κ2) is 5.30. The highest BCUT2D eigenvalue weighted by Gasteiger charge is 2.13. The lowest BCUT2D eigenvalue weighted by Crippen LogP contribution is -1.93. The van der Waals surface area contributed by atoms with E-state index in [1.807, 2.05) is 18.2 Å². The Bertz CT molecular complexity index is 728. The fourth-order valence-corrected chi connectivity index (χ4v) is 1.95. The minimum atomic E-state index is 0.00513. The van der Waals surface area contributed by atoms with Gasteiger partial charge >= 0.3 is 0 Å². The van der Waals surface area contributed by atoms with Crippen molar-refractivity contribution in [2.24, 2.45) is 0 Å². The van der Waals surface area contributed by atoms with Gasteiger partial charge in [-0.3, -0.25) is 4.98 Å². The van der Waals surface area contributed by atoms with Crippen LogP contribution in [-0.4, -0.2) is 20.2 Å². The molecule has 100 valence electrons. The summed E-state index contributed by atoms with van der Waals surface area (Å²) in [6, 6.07) is 10.3. The highest BCUT2D eigenvalue weighted by Crippen LogP contribution is 2.30. The molecule has 0 atom stereocenters. The molecule has 3 aromatic rings. The Kier molecular flexibility index (Phi) is 3.35. The summed E-state index contributed by atoms with van der Waals surface area (Å²) in [4.78, 5) is 8.44. The first-order valence-electron chi connectivity index (χ1n) is 5.94. The molecule has 0 aliphatic rings. The van der Waals surface area contributed by atoms with E-state index in [0.717, 1.165) is 5.69 Å². The van der Waals surface area contributed by atoms with Gasteiger partial charge in [0, 0.05) is 16.9 Å². The van der Waals surface area contributed by atoms with Gasteiger partial charge in [0.25, 0.3) is 5.89 Å². The van der Waals surface area contributed by atoms with Crippen molar-refractivity contribution in [2.75, 3.05) is 0 Å². The minimum Gasteiger partial charge on any atom is -0.507 e. The Morgan fingerprint density at radius 1 is 1.20 bits per heavy atom. The standard InChI is InChI=1S/C14H10ClN3O2/c15-9-4-5-11(12(19)7-9)14-17-13(18-20-14)8-10-3-1-2-6-16-10/h1-7,19H,8H2. The number of nitrogens with zero attached hydrogens (tertiary/aromatic N) is 3. The number of hydrogen-bond donors (Lipinski definition) is 1. The van der Waals surface area contributed by atoms with Crippen LogP contribution in [0.15, 0.2) is 47.1 Å². The molecule has 2 heterocycles. The predicted octanol–water partition coefficient (Wildman–Crippen LogP) is 3.08. The van der Waals surface area contributed by atoms with E-state index in [0.29, 0.717) is 22.8 Å². The third-order valence-corrected chi connectivity index (χ3v) is 2.96. The second-order valence-corrected chi connectivity index (χ2v) is 4.61. The number of phenols is 1. The van der Waals surface area contributed by atoms with Crippen molar-refractivity contribution in [1.82, 2.24) is 15.1 Å². The first-order chi connectivity index (χ1) is 9.72. The molecule has 0 unspecified atom stereocenters. The zero-order valence-corrected chi connectivity index (χ0v) is 11.1. The molecule has 0 saturated heterocycles. The fourth-order valence-electron chi connectivity index (χ4n) is 1.79. The van der Waals surface area contributed by atoms with Gasteiger partial charge in [-0.1, -0.05) is 22.8 Å². The fraction of sp³-hybridized carbons (Fsp3) is 0.0714. The molecule has 0 spiro atoms. The molecule has 20 heavy (non-hydrogen) atoms. The monoisotopic (exact) mass is 287 g/mol. The number of pyridine rings is 1. The first-order valence-corrected chi connectivity index (χ1v) is 6.31. The molecule has 5 nitrogen and oxygen atoms in total. The Morgan fingerprint density at radius 3 is 2.85 bits per heavy atom. The molecular formula is C14H10ClN3O2. The SMILES string of the molecule is Oc1cc(Cl)ccc1-c1nc(Cc2ccccn2)no1. The van der Waals surface area contributed by atoms with Crippen molar-refractivity contribution in [1.29, 1.82) is 0 Å². The van der Waals surface area contributed by atoms with Crippen molar-refractivity contribution in [2.45, 2.75) is 6.42 Å². The molecule has 0 aliphatic carbocycles. The largest absolute Gasteiger partial charge is 0.507 e. The summed E-state index contributed by atoms with van der Waals surface area (Å²) in [5, 5.41) is 14.1. The van der Waals surface area contributed by atoms with Gasteiger partial charge in [-0.15, -0.1) is 0 Å². The van der Waals surface area contributed by atoms with Gasteiger partial charge in [-0.05, 0) is 30.3 Å². The van der Waals surface area contributed by atoms with Crippen LogP contribution in [-0.2, 0) is 6.42 Å².